The molecule has 2 aromatic rings. The van der Waals surface area contributed by atoms with Gasteiger partial charge in [0.2, 0.25) is 0 Å². The first-order chi connectivity index (χ1) is 10.7. The monoisotopic (exact) mass is 301 g/mol. The fraction of sp³-hybridized carbons (Fsp3) is 0.267. The van der Waals surface area contributed by atoms with Crippen LogP contribution < -0.4 is 0 Å². The lowest BCUT2D eigenvalue weighted by Gasteiger charge is -2.08. The Balaban J connectivity index is 2.49. The summed E-state index contributed by atoms with van der Waals surface area (Å²) in [5, 5.41) is 7.67. The predicted octanol–water partition coefficient (Wildman–Crippen LogP) is 1.89. The molecule has 1 aromatic heterocycles. The van der Waals surface area contributed by atoms with Gasteiger partial charge in [-0.2, -0.15) is 0 Å². The van der Waals surface area contributed by atoms with Crippen molar-refractivity contribution in [1.29, 1.82) is 0 Å². The molecule has 0 spiro atoms. The van der Waals surface area contributed by atoms with Gasteiger partial charge in [0.25, 0.3) is 5.82 Å². The summed E-state index contributed by atoms with van der Waals surface area (Å²) in [6.07, 6.45) is 0. The third-order valence-electron chi connectivity index (χ3n) is 2.66. The normalized spacial score (nSPS) is 10.1. The number of nitrogens with zero attached hydrogens (tertiary/aromatic N) is 3. The lowest BCUT2D eigenvalue weighted by Crippen LogP contribution is -2.17. The van der Waals surface area contributed by atoms with Crippen LogP contribution in [-0.2, 0) is 9.47 Å². The Hall–Kier alpha value is -2.83. The van der Waals surface area contributed by atoms with E-state index in [1.165, 1.54) is 0 Å². The van der Waals surface area contributed by atoms with Gasteiger partial charge in [-0.25, -0.2) is 14.6 Å². The Bertz CT molecular complexity index is 674. The van der Waals surface area contributed by atoms with Gasteiger partial charge in [-0.05, 0) is 13.8 Å². The molecule has 7 heteroatoms. The van der Waals surface area contributed by atoms with Crippen LogP contribution in [0.3, 0.4) is 0 Å². The average molecular weight is 301 g/mol. The number of aromatic nitrogens is 3. The summed E-state index contributed by atoms with van der Waals surface area (Å²) in [5.41, 5.74) is 0.846. The average Bonchev–Trinajstić information content (AvgIpc) is 2.55. The molecule has 0 bridgehead atoms. The van der Waals surface area contributed by atoms with E-state index in [4.69, 9.17) is 9.47 Å². The third kappa shape index (κ3) is 3.43. The summed E-state index contributed by atoms with van der Waals surface area (Å²) >= 11 is 0. The topological polar surface area (TPSA) is 91.3 Å². The van der Waals surface area contributed by atoms with Crippen LogP contribution in [0.25, 0.3) is 11.3 Å². The second-order valence-corrected chi connectivity index (χ2v) is 4.14. The molecule has 0 unspecified atom stereocenters. The second kappa shape index (κ2) is 7.26. The van der Waals surface area contributed by atoms with E-state index in [2.05, 4.69) is 15.2 Å². The van der Waals surface area contributed by atoms with Crippen molar-refractivity contribution in [1.82, 2.24) is 15.2 Å². The molecular formula is C15H15N3O4. The smallest absolute Gasteiger partial charge is 0.378 e. The molecule has 0 radical (unpaired) electrons. The molecule has 0 saturated heterocycles. The Kier molecular flexibility index (Phi) is 5.13. The van der Waals surface area contributed by atoms with Gasteiger partial charge in [-0.15, -0.1) is 10.2 Å². The Morgan fingerprint density at radius 2 is 1.59 bits per heavy atom. The van der Waals surface area contributed by atoms with Crippen molar-refractivity contribution in [3.8, 4) is 11.3 Å². The van der Waals surface area contributed by atoms with Crippen LogP contribution in [0.2, 0.25) is 0 Å². The number of carbonyl (C=O) groups excluding carboxylic acids is 2. The first-order valence-electron chi connectivity index (χ1n) is 6.81. The summed E-state index contributed by atoms with van der Waals surface area (Å²) in [5.74, 6) is -1.67. The number of ether oxygens (including phenoxy) is 2. The highest BCUT2D eigenvalue weighted by Crippen LogP contribution is 2.20. The Morgan fingerprint density at radius 1 is 0.955 bits per heavy atom. The minimum atomic E-state index is -0.736. The largest absolute Gasteiger partial charge is 0.461 e. The molecule has 0 atom stereocenters. The quantitative estimate of drug-likeness (QED) is 0.779. The molecule has 0 aliphatic rings. The summed E-state index contributed by atoms with van der Waals surface area (Å²) in [4.78, 5) is 27.7. The van der Waals surface area contributed by atoms with E-state index in [0.717, 1.165) is 0 Å². The van der Waals surface area contributed by atoms with Gasteiger partial charge >= 0.3 is 11.9 Å². The molecular weight excluding hydrogens is 286 g/mol. The van der Waals surface area contributed by atoms with E-state index < -0.39 is 11.9 Å². The van der Waals surface area contributed by atoms with Gasteiger partial charge in [0, 0.05) is 5.56 Å². The standard InChI is InChI=1S/C15H15N3O4/c1-3-21-14(19)12-11(10-8-6-5-7-9-10)17-18-13(16-12)15(20)22-4-2/h5-9H,3-4H2,1-2H3. The van der Waals surface area contributed by atoms with Crippen LogP contribution >= 0.6 is 0 Å². The molecule has 0 saturated carbocycles. The summed E-state index contributed by atoms with van der Waals surface area (Å²) < 4.78 is 9.78. The summed E-state index contributed by atoms with van der Waals surface area (Å²) in [7, 11) is 0. The van der Waals surface area contributed by atoms with E-state index in [1.807, 2.05) is 6.07 Å². The molecule has 2 rings (SSSR count). The third-order valence-corrected chi connectivity index (χ3v) is 2.66. The fourth-order valence-corrected chi connectivity index (χ4v) is 1.74. The zero-order chi connectivity index (χ0) is 15.9. The molecule has 1 aromatic carbocycles. The Morgan fingerprint density at radius 3 is 2.23 bits per heavy atom. The molecule has 0 aliphatic heterocycles. The lowest BCUT2D eigenvalue weighted by atomic mass is 10.1. The van der Waals surface area contributed by atoms with Crippen molar-refractivity contribution in [3.05, 3.63) is 41.9 Å². The maximum atomic E-state index is 12.1. The van der Waals surface area contributed by atoms with Crippen LogP contribution in [0, 0.1) is 0 Å². The molecule has 0 N–H and O–H groups in total. The van der Waals surface area contributed by atoms with E-state index in [0.29, 0.717) is 5.56 Å². The summed E-state index contributed by atoms with van der Waals surface area (Å²) in [6, 6.07) is 8.95. The molecule has 1 heterocycles. The molecule has 7 nitrogen and oxygen atoms in total. The number of rotatable bonds is 5. The highest BCUT2D eigenvalue weighted by Gasteiger charge is 2.22. The molecule has 0 amide bonds. The van der Waals surface area contributed by atoms with Gasteiger partial charge < -0.3 is 9.47 Å². The van der Waals surface area contributed by atoms with E-state index >= 15 is 0 Å². The van der Waals surface area contributed by atoms with Crippen molar-refractivity contribution in [3.63, 3.8) is 0 Å². The SMILES string of the molecule is CCOC(=O)c1nnc(-c2ccccc2)c(C(=O)OCC)n1. The zero-order valence-corrected chi connectivity index (χ0v) is 12.3. The van der Waals surface area contributed by atoms with Crippen LogP contribution in [0.5, 0.6) is 0 Å². The van der Waals surface area contributed by atoms with Gasteiger partial charge in [-0.3, -0.25) is 0 Å². The molecule has 22 heavy (non-hydrogen) atoms. The number of hydrogen-bond acceptors (Lipinski definition) is 7. The first kappa shape index (κ1) is 15.6. The van der Waals surface area contributed by atoms with Crippen molar-refractivity contribution < 1.29 is 19.1 Å². The minimum Gasteiger partial charge on any atom is -0.461 e. The first-order valence-corrected chi connectivity index (χ1v) is 6.81. The maximum absolute atomic E-state index is 12.1. The van der Waals surface area contributed by atoms with Crippen molar-refractivity contribution in [2.75, 3.05) is 13.2 Å². The van der Waals surface area contributed by atoms with Crippen LogP contribution in [0.1, 0.15) is 35.0 Å². The minimum absolute atomic E-state index is 0.0638. The number of esters is 2. The van der Waals surface area contributed by atoms with E-state index in [1.54, 1.807) is 38.1 Å². The predicted molar refractivity (Wildman–Crippen MR) is 77.2 cm³/mol. The van der Waals surface area contributed by atoms with Crippen molar-refractivity contribution in [2.45, 2.75) is 13.8 Å². The van der Waals surface area contributed by atoms with Crippen molar-refractivity contribution >= 4 is 11.9 Å². The lowest BCUT2D eigenvalue weighted by molar-refractivity contribution is 0.0504. The molecule has 114 valence electrons. The second-order valence-electron chi connectivity index (χ2n) is 4.14. The fourth-order valence-electron chi connectivity index (χ4n) is 1.74. The van der Waals surface area contributed by atoms with Gasteiger partial charge in [-0.1, -0.05) is 30.3 Å². The number of benzene rings is 1. The Labute approximate surface area is 127 Å². The van der Waals surface area contributed by atoms with Gasteiger partial charge in [0.05, 0.1) is 13.2 Å². The van der Waals surface area contributed by atoms with Crippen LogP contribution in [-0.4, -0.2) is 40.3 Å². The number of carbonyl (C=O) groups is 2. The van der Waals surface area contributed by atoms with Crippen molar-refractivity contribution in [2.24, 2.45) is 0 Å². The maximum Gasteiger partial charge on any atom is 0.378 e. The number of hydrogen-bond donors (Lipinski definition) is 0. The van der Waals surface area contributed by atoms with E-state index in [9.17, 15) is 9.59 Å². The van der Waals surface area contributed by atoms with Crippen LogP contribution in [0.4, 0.5) is 0 Å². The van der Waals surface area contributed by atoms with Gasteiger partial charge in [0.1, 0.15) is 5.69 Å². The summed E-state index contributed by atoms with van der Waals surface area (Å²) in [6.45, 7) is 3.71. The van der Waals surface area contributed by atoms with Crippen LogP contribution in [0.15, 0.2) is 30.3 Å². The van der Waals surface area contributed by atoms with E-state index in [-0.39, 0.29) is 30.4 Å². The highest BCUT2D eigenvalue weighted by atomic mass is 16.5. The molecule has 0 aliphatic carbocycles. The highest BCUT2D eigenvalue weighted by molar-refractivity contribution is 5.95. The molecule has 0 fully saturated rings. The zero-order valence-electron chi connectivity index (χ0n) is 12.3. The van der Waals surface area contributed by atoms with Gasteiger partial charge in [0.15, 0.2) is 5.69 Å².